The van der Waals surface area contributed by atoms with Crippen LogP contribution in [0.2, 0.25) is 0 Å². The zero-order chi connectivity index (χ0) is 30.7. The molecule has 0 fully saturated rings. The first kappa shape index (κ1) is 31.0. The van der Waals surface area contributed by atoms with Crippen LogP contribution >= 0.6 is 0 Å². The summed E-state index contributed by atoms with van der Waals surface area (Å²) < 4.78 is 2.33. The van der Waals surface area contributed by atoms with Crippen LogP contribution in [0.15, 0.2) is 113 Å². The summed E-state index contributed by atoms with van der Waals surface area (Å²) in [7, 11) is 4.35. The van der Waals surface area contributed by atoms with Crippen LogP contribution in [0.25, 0.3) is 0 Å². The average molecular weight is 562 g/mol. The van der Waals surface area contributed by atoms with Crippen LogP contribution in [0, 0.1) is 0 Å². The van der Waals surface area contributed by atoms with Gasteiger partial charge in [-0.05, 0) is 68.9 Å². The second kappa shape index (κ2) is 12.5. The van der Waals surface area contributed by atoms with E-state index >= 15 is 0 Å². The summed E-state index contributed by atoms with van der Waals surface area (Å²) in [4.78, 5) is 2.33. The van der Waals surface area contributed by atoms with Gasteiger partial charge >= 0.3 is 0 Å². The van der Waals surface area contributed by atoms with Crippen molar-refractivity contribution in [3.05, 3.63) is 119 Å². The fourth-order valence-electron chi connectivity index (χ4n) is 6.81. The molecule has 0 radical (unpaired) electrons. The number of anilines is 1. The lowest BCUT2D eigenvalue weighted by atomic mass is 9.81. The van der Waals surface area contributed by atoms with E-state index in [1.807, 2.05) is 38.2 Å². The van der Waals surface area contributed by atoms with Crippen LogP contribution in [0.5, 0.6) is 0 Å². The van der Waals surface area contributed by atoms with Crippen molar-refractivity contribution in [1.29, 1.82) is 0 Å². The molecule has 0 atom stereocenters. The number of rotatable bonds is 6. The highest BCUT2D eigenvalue weighted by molar-refractivity contribution is 6.03. The number of likely N-dealkylation sites (N-methyl/N-ethyl adjacent to an activating group) is 1. The van der Waals surface area contributed by atoms with Gasteiger partial charge in [-0.1, -0.05) is 82.8 Å². The van der Waals surface area contributed by atoms with Crippen molar-refractivity contribution >= 4 is 23.3 Å². The van der Waals surface area contributed by atoms with Gasteiger partial charge in [-0.15, -0.1) is 0 Å². The fourth-order valence-corrected chi connectivity index (χ4v) is 6.81. The van der Waals surface area contributed by atoms with Gasteiger partial charge in [0.15, 0.2) is 5.71 Å². The first-order valence-corrected chi connectivity index (χ1v) is 15.4. The molecule has 0 bridgehead atoms. The molecule has 0 saturated carbocycles. The Balaban J connectivity index is 0.00000198. The Bertz CT molecular complexity index is 1520. The molecule has 2 aromatic rings. The van der Waals surface area contributed by atoms with Gasteiger partial charge in [0.1, 0.15) is 7.05 Å². The normalized spacial score (nSPS) is 20.8. The molecule has 3 aliphatic rings. The van der Waals surface area contributed by atoms with Crippen LogP contribution in [0.3, 0.4) is 0 Å². The third-order valence-corrected chi connectivity index (χ3v) is 8.91. The molecule has 0 unspecified atom stereocenters. The van der Waals surface area contributed by atoms with Crippen LogP contribution in [-0.2, 0) is 10.8 Å². The van der Waals surface area contributed by atoms with Crippen molar-refractivity contribution in [3.8, 4) is 0 Å². The molecule has 4 nitrogen and oxygen atoms in total. The van der Waals surface area contributed by atoms with Crippen LogP contribution in [0.1, 0.15) is 78.9 Å². The highest BCUT2D eigenvalue weighted by Gasteiger charge is 2.42. The molecule has 0 spiro atoms. The zero-order valence-corrected chi connectivity index (χ0v) is 27.2. The second-order valence-corrected chi connectivity index (χ2v) is 12.0. The quantitative estimate of drug-likeness (QED) is 0.199. The summed E-state index contributed by atoms with van der Waals surface area (Å²) >= 11 is 0. The number of hydrogen-bond donors (Lipinski definition) is 0. The molecule has 42 heavy (non-hydrogen) atoms. The lowest BCUT2D eigenvalue weighted by Gasteiger charge is -2.28. The van der Waals surface area contributed by atoms with Crippen LogP contribution in [0.4, 0.5) is 11.4 Å². The second-order valence-electron chi connectivity index (χ2n) is 12.0. The van der Waals surface area contributed by atoms with Gasteiger partial charge in [-0.25, -0.2) is 5.01 Å². The summed E-state index contributed by atoms with van der Waals surface area (Å²) in [6.45, 7) is 19.3. The molecular formula is C38H49N4+. The maximum absolute atomic E-state index is 4.69. The van der Waals surface area contributed by atoms with E-state index in [1.54, 1.807) is 0 Å². The van der Waals surface area contributed by atoms with E-state index < -0.39 is 0 Å². The SMILES string of the molecule is C=CN(/N=C\C)C1=C(/C=C/C2=[N+](C)c3ccccc3C2(C)C)CCC/C1=C\C=C1\N(C)c2ccccc2C1(C)C.CC. The Morgan fingerprint density at radius 3 is 2.21 bits per heavy atom. The average Bonchev–Trinajstić information content (AvgIpc) is 3.32. The Labute approximate surface area is 254 Å². The lowest BCUT2D eigenvalue weighted by Crippen LogP contribution is -2.26. The van der Waals surface area contributed by atoms with Crippen molar-refractivity contribution < 1.29 is 4.58 Å². The minimum atomic E-state index is -0.0618. The van der Waals surface area contributed by atoms with E-state index in [0.29, 0.717) is 0 Å². The van der Waals surface area contributed by atoms with Crippen molar-refractivity contribution in [2.24, 2.45) is 5.10 Å². The number of benzene rings is 2. The Morgan fingerprint density at radius 2 is 1.57 bits per heavy atom. The van der Waals surface area contributed by atoms with Gasteiger partial charge < -0.3 is 4.90 Å². The van der Waals surface area contributed by atoms with Crippen molar-refractivity contribution in [2.45, 2.75) is 78.6 Å². The zero-order valence-electron chi connectivity index (χ0n) is 27.2. The van der Waals surface area contributed by atoms with E-state index in [4.69, 9.17) is 0 Å². The minimum absolute atomic E-state index is 0.0618. The monoisotopic (exact) mass is 561 g/mol. The molecular weight excluding hydrogens is 512 g/mol. The Morgan fingerprint density at radius 1 is 0.905 bits per heavy atom. The van der Waals surface area contributed by atoms with Gasteiger partial charge in [-0.3, -0.25) is 0 Å². The van der Waals surface area contributed by atoms with Gasteiger partial charge in [-0.2, -0.15) is 9.68 Å². The molecule has 2 heterocycles. The van der Waals surface area contributed by atoms with Gasteiger partial charge in [0.25, 0.3) is 0 Å². The topological polar surface area (TPSA) is 21.9 Å². The summed E-state index contributed by atoms with van der Waals surface area (Å²) in [5, 5.41) is 6.64. The Hall–Kier alpha value is -3.92. The largest absolute Gasteiger partial charge is 0.347 e. The van der Waals surface area contributed by atoms with Gasteiger partial charge in [0.05, 0.1) is 11.1 Å². The first-order valence-electron chi connectivity index (χ1n) is 15.4. The molecule has 5 rings (SSSR count). The number of para-hydroxylation sites is 2. The van der Waals surface area contributed by atoms with Crippen molar-refractivity contribution in [3.63, 3.8) is 0 Å². The van der Waals surface area contributed by atoms with Gasteiger partial charge in [0.2, 0.25) is 5.69 Å². The molecule has 4 heteroatoms. The predicted molar refractivity (Wildman–Crippen MR) is 182 cm³/mol. The number of nitrogens with zero attached hydrogens (tertiary/aromatic N) is 4. The molecule has 0 saturated heterocycles. The lowest BCUT2D eigenvalue weighted by molar-refractivity contribution is -0.401. The summed E-state index contributed by atoms with van der Waals surface area (Å²) in [5.74, 6) is 0. The summed E-state index contributed by atoms with van der Waals surface area (Å²) in [5.41, 5.74) is 11.5. The molecule has 0 N–H and O–H groups in total. The van der Waals surface area contributed by atoms with E-state index in [2.05, 4.69) is 136 Å². The van der Waals surface area contributed by atoms with Crippen LogP contribution < -0.4 is 4.90 Å². The minimum Gasteiger partial charge on any atom is -0.347 e. The van der Waals surface area contributed by atoms with Crippen molar-refractivity contribution in [1.82, 2.24) is 5.01 Å². The molecule has 0 amide bonds. The number of fused-ring (bicyclic) bond motifs is 2. The molecule has 220 valence electrons. The number of hydrazone groups is 1. The number of hydrogen-bond acceptors (Lipinski definition) is 3. The number of allylic oxidation sites excluding steroid dienone is 7. The van der Waals surface area contributed by atoms with E-state index in [1.165, 1.54) is 45.1 Å². The van der Waals surface area contributed by atoms with E-state index in [0.717, 1.165) is 25.0 Å². The maximum Gasteiger partial charge on any atom is 0.209 e. The highest BCUT2D eigenvalue weighted by Crippen LogP contribution is 2.47. The molecule has 2 aromatic carbocycles. The van der Waals surface area contributed by atoms with Crippen molar-refractivity contribution in [2.75, 3.05) is 19.0 Å². The molecule has 0 aromatic heterocycles. The maximum atomic E-state index is 4.69. The predicted octanol–water partition coefficient (Wildman–Crippen LogP) is 9.40. The third kappa shape index (κ3) is 5.35. The third-order valence-electron chi connectivity index (χ3n) is 8.91. The summed E-state index contributed by atoms with van der Waals surface area (Å²) in [6.07, 6.45) is 16.0. The highest BCUT2D eigenvalue weighted by atomic mass is 15.4. The fraction of sp³-hybridized carbons (Fsp3) is 0.368. The Kier molecular flexibility index (Phi) is 9.25. The molecule has 2 aliphatic heterocycles. The standard InChI is InChI=1S/C36H43N4.C2H6/c1-9-37-40(10-2)34-26(22-24-32-35(3,4)28-18-11-13-20-30(28)38(32)7)16-15-17-27(34)23-25-33-36(5,6)29-19-12-14-21-31(29)39(33)8;1-2/h9-14,18-25H,2,15-17H2,1,3-8H3;1-2H3/q+1;/b37-9-;. The molecule has 1 aliphatic carbocycles. The summed E-state index contributed by atoms with van der Waals surface area (Å²) in [6, 6.07) is 17.5. The smallest absolute Gasteiger partial charge is 0.209 e. The van der Waals surface area contributed by atoms with E-state index in [9.17, 15) is 0 Å². The van der Waals surface area contributed by atoms with Crippen LogP contribution in [-0.4, -0.2) is 35.6 Å². The van der Waals surface area contributed by atoms with Gasteiger partial charge in [0, 0.05) is 54.0 Å². The first-order chi connectivity index (χ1) is 20.1. The van der Waals surface area contributed by atoms with E-state index in [-0.39, 0.29) is 10.8 Å².